The van der Waals surface area contributed by atoms with Crippen molar-refractivity contribution >= 4 is 22.6 Å². The van der Waals surface area contributed by atoms with E-state index in [1.54, 1.807) is 31.5 Å². The van der Waals surface area contributed by atoms with Crippen LogP contribution in [-0.2, 0) is 15.1 Å². The second-order valence-electron chi connectivity index (χ2n) is 8.69. The van der Waals surface area contributed by atoms with Gasteiger partial charge in [-0.2, -0.15) is 0 Å². The molecule has 0 spiro atoms. The minimum Gasteiger partial charge on any atom is -0.469 e. The lowest BCUT2D eigenvalue weighted by Crippen LogP contribution is -2.35. The second-order valence-corrected chi connectivity index (χ2v) is 8.69. The Kier molecular flexibility index (Phi) is 6.74. The lowest BCUT2D eigenvalue weighted by atomic mass is 9.77. The number of aromatic nitrogens is 2. The highest BCUT2D eigenvalue weighted by Gasteiger charge is 2.38. The predicted octanol–water partition coefficient (Wildman–Crippen LogP) is 5.43. The molecule has 2 aromatic heterocycles. The fourth-order valence-electron chi connectivity index (χ4n) is 4.57. The minimum atomic E-state index is -2.91. The molecule has 0 saturated heterocycles. The molecule has 1 fully saturated rings. The summed E-state index contributed by atoms with van der Waals surface area (Å²) in [6.07, 6.45) is 1.91. The van der Waals surface area contributed by atoms with Gasteiger partial charge in [0.25, 0.3) is 6.43 Å². The van der Waals surface area contributed by atoms with Gasteiger partial charge >= 0.3 is 5.97 Å². The van der Waals surface area contributed by atoms with E-state index in [0.29, 0.717) is 48.0 Å². The first-order valence-corrected chi connectivity index (χ1v) is 11.1. The number of halogens is 3. The van der Waals surface area contributed by atoms with Crippen molar-refractivity contribution in [2.45, 2.75) is 50.7 Å². The number of anilines is 1. The summed E-state index contributed by atoms with van der Waals surface area (Å²) in [5.41, 5.74) is -0.0871. The van der Waals surface area contributed by atoms with Crippen LogP contribution < -0.4 is 5.32 Å². The van der Waals surface area contributed by atoms with Gasteiger partial charge < -0.3 is 15.2 Å². The van der Waals surface area contributed by atoms with Gasteiger partial charge in [0.1, 0.15) is 11.4 Å². The summed E-state index contributed by atoms with van der Waals surface area (Å²) in [7, 11) is 1.35. The standard InChI is InChI=1S/C25H26F3N3O3/c1-14(16-4-3-5-17(22(16)26)23(27)28)31-19-8-11-29-20-13-30-21(12-18(19)20)25(33)9-6-15(7-10-25)24(32)34-2/h3-5,8,11-15,23,33H,6-7,9-10H2,1-2H3,(H,29,31)/t14-,15?,25?/m1/s1. The number of nitrogens with zero attached hydrogens (tertiary/aromatic N) is 2. The van der Waals surface area contributed by atoms with Crippen molar-refractivity contribution in [3.05, 3.63) is 65.4 Å². The maximum Gasteiger partial charge on any atom is 0.308 e. The Bertz CT molecular complexity index is 1200. The fourth-order valence-corrected chi connectivity index (χ4v) is 4.57. The maximum absolute atomic E-state index is 14.7. The average molecular weight is 473 g/mol. The van der Waals surface area contributed by atoms with Gasteiger partial charge in [0.2, 0.25) is 0 Å². The summed E-state index contributed by atoms with van der Waals surface area (Å²) >= 11 is 0. The SMILES string of the molecule is COC(=O)C1CCC(O)(c2cc3c(N[C@H](C)c4cccc(C(F)F)c4F)ccnc3cn2)CC1. The molecule has 9 heteroatoms. The van der Waals surface area contributed by atoms with Gasteiger partial charge in [-0.25, -0.2) is 13.2 Å². The highest BCUT2D eigenvalue weighted by atomic mass is 19.3. The molecule has 0 amide bonds. The Morgan fingerprint density at radius 1 is 1.21 bits per heavy atom. The topological polar surface area (TPSA) is 84.3 Å². The van der Waals surface area contributed by atoms with Crippen molar-refractivity contribution in [2.75, 3.05) is 12.4 Å². The van der Waals surface area contributed by atoms with Crippen molar-refractivity contribution in [1.82, 2.24) is 9.97 Å². The molecule has 0 aliphatic heterocycles. The number of methoxy groups -OCH3 is 1. The van der Waals surface area contributed by atoms with Crippen LogP contribution in [0.2, 0.25) is 0 Å². The van der Waals surface area contributed by atoms with Crippen LogP contribution in [0.15, 0.2) is 42.7 Å². The first kappa shape index (κ1) is 23.9. The molecule has 2 N–H and O–H groups in total. The van der Waals surface area contributed by atoms with Crippen LogP contribution in [0, 0.1) is 11.7 Å². The molecular weight excluding hydrogens is 447 g/mol. The number of carbonyl (C=O) groups excluding carboxylic acids is 1. The number of fused-ring (bicyclic) bond motifs is 1. The highest BCUT2D eigenvalue weighted by Crippen LogP contribution is 2.40. The summed E-state index contributed by atoms with van der Waals surface area (Å²) in [5.74, 6) is -1.46. The van der Waals surface area contributed by atoms with Gasteiger partial charge in [-0.1, -0.05) is 18.2 Å². The molecule has 2 heterocycles. The summed E-state index contributed by atoms with van der Waals surface area (Å²) in [4.78, 5) is 20.6. The smallest absolute Gasteiger partial charge is 0.308 e. The van der Waals surface area contributed by atoms with Gasteiger partial charge in [0.15, 0.2) is 0 Å². The third-order valence-electron chi connectivity index (χ3n) is 6.58. The zero-order valence-corrected chi connectivity index (χ0v) is 18.9. The van der Waals surface area contributed by atoms with Crippen LogP contribution in [0.1, 0.15) is 61.9 Å². The van der Waals surface area contributed by atoms with E-state index in [1.165, 1.54) is 19.2 Å². The summed E-state index contributed by atoms with van der Waals surface area (Å²) in [5, 5.41) is 15.1. The molecule has 1 aliphatic carbocycles. The number of pyridine rings is 2. The normalized spacial score (nSPS) is 21.4. The van der Waals surface area contributed by atoms with Crippen LogP contribution in [0.3, 0.4) is 0 Å². The Labute approximate surface area is 195 Å². The lowest BCUT2D eigenvalue weighted by Gasteiger charge is -2.34. The number of hydrogen-bond donors (Lipinski definition) is 2. The summed E-state index contributed by atoms with van der Waals surface area (Å²) in [6.45, 7) is 1.68. The number of esters is 1. The van der Waals surface area contributed by atoms with Gasteiger partial charge in [0, 0.05) is 22.8 Å². The van der Waals surface area contributed by atoms with E-state index in [1.807, 2.05) is 0 Å². The fraction of sp³-hybridized carbons (Fsp3) is 0.400. The van der Waals surface area contributed by atoms with Crippen molar-refractivity contribution in [1.29, 1.82) is 0 Å². The number of hydrogen-bond acceptors (Lipinski definition) is 6. The minimum absolute atomic E-state index is 0.122. The first-order valence-electron chi connectivity index (χ1n) is 11.1. The molecule has 0 radical (unpaired) electrons. The van der Waals surface area contributed by atoms with Crippen molar-refractivity contribution < 1.29 is 27.8 Å². The number of aliphatic hydroxyl groups is 1. The second kappa shape index (κ2) is 9.58. The van der Waals surface area contributed by atoms with E-state index in [9.17, 15) is 23.1 Å². The van der Waals surface area contributed by atoms with Crippen LogP contribution >= 0.6 is 0 Å². The number of nitrogens with one attached hydrogen (secondary N) is 1. The lowest BCUT2D eigenvalue weighted by molar-refractivity contribution is -0.148. The largest absolute Gasteiger partial charge is 0.469 e. The van der Waals surface area contributed by atoms with Crippen LogP contribution in [0.5, 0.6) is 0 Å². The van der Waals surface area contributed by atoms with Crippen LogP contribution in [-0.4, -0.2) is 28.2 Å². The highest BCUT2D eigenvalue weighted by molar-refractivity contribution is 5.91. The monoisotopic (exact) mass is 473 g/mol. The molecule has 1 aliphatic rings. The Hall–Kier alpha value is -3.20. The number of alkyl halides is 2. The Morgan fingerprint density at radius 3 is 2.59 bits per heavy atom. The van der Waals surface area contributed by atoms with E-state index < -0.39 is 29.4 Å². The van der Waals surface area contributed by atoms with E-state index in [0.717, 1.165) is 6.07 Å². The van der Waals surface area contributed by atoms with E-state index in [4.69, 9.17) is 4.74 Å². The predicted molar refractivity (Wildman–Crippen MR) is 121 cm³/mol. The van der Waals surface area contributed by atoms with Crippen molar-refractivity contribution in [3.63, 3.8) is 0 Å². The first-order chi connectivity index (χ1) is 16.2. The molecular formula is C25H26F3N3O3. The molecule has 6 nitrogen and oxygen atoms in total. The molecule has 0 bridgehead atoms. The molecule has 3 aromatic rings. The molecule has 1 aromatic carbocycles. The molecule has 180 valence electrons. The summed E-state index contributed by atoms with van der Waals surface area (Å²) in [6, 6.07) is 6.78. The molecule has 34 heavy (non-hydrogen) atoms. The molecule has 1 saturated carbocycles. The van der Waals surface area contributed by atoms with Crippen molar-refractivity contribution in [2.24, 2.45) is 5.92 Å². The zero-order chi connectivity index (χ0) is 24.5. The zero-order valence-electron chi connectivity index (χ0n) is 18.9. The number of benzene rings is 1. The van der Waals surface area contributed by atoms with Crippen molar-refractivity contribution in [3.8, 4) is 0 Å². The van der Waals surface area contributed by atoms with E-state index in [-0.39, 0.29) is 17.5 Å². The number of rotatable bonds is 6. The quantitative estimate of drug-likeness (QED) is 0.465. The Balaban J connectivity index is 1.62. The van der Waals surface area contributed by atoms with Gasteiger partial charge in [-0.05, 0) is 44.7 Å². The Morgan fingerprint density at radius 2 is 1.91 bits per heavy atom. The van der Waals surface area contributed by atoms with E-state index in [2.05, 4.69) is 15.3 Å². The van der Waals surface area contributed by atoms with Crippen LogP contribution in [0.25, 0.3) is 10.9 Å². The average Bonchev–Trinajstić information content (AvgIpc) is 2.83. The number of carbonyl (C=O) groups is 1. The third-order valence-corrected chi connectivity index (χ3v) is 6.58. The molecule has 0 unspecified atom stereocenters. The van der Waals surface area contributed by atoms with Gasteiger partial charge in [-0.15, -0.1) is 0 Å². The van der Waals surface area contributed by atoms with Gasteiger partial charge in [-0.3, -0.25) is 14.8 Å². The van der Waals surface area contributed by atoms with Crippen LogP contribution in [0.4, 0.5) is 18.9 Å². The van der Waals surface area contributed by atoms with E-state index >= 15 is 0 Å². The summed E-state index contributed by atoms with van der Waals surface area (Å²) < 4.78 is 45.7. The molecule has 4 rings (SSSR count). The molecule has 1 atom stereocenters. The number of ether oxygens (including phenoxy) is 1. The third kappa shape index (κ3) is 4.57. The van der Waals surface area contributed by atoms with Gasteiger partial charge in [0.05, 0.1) is 42.0 Å². The maximum atomic E-state index is 14.7.